The van der Waals surface area contributed by atoms with Crippen molar-refractivity contribution < 1.29 is 23.1 Å². The van der Waals surface area contributed by atoms with Crippen LogP contribution in [0.2, 0.25) is 0 Å². The van der Waals surface area contributed by atoms with Crippen molar-refractivity contribution in [3.05, 3.63) is 81.9 Å². The number of aromatic nitrogens is 4. The summed E-state index contributed by atoms with van der Waals surface area (Å²) < 4.78 is 43.9. The van der Waals surface area contributed by atoms with E-state index < -0.39 is 23.2 Å². The van der Waals surface area contributed by atoms with E-state index in [1.807, 2.05) is 0 Å². The average Bonchev–Trinajstić information content (AvgIpc) is 3.35. The van der Waals surface area contributed by atoms with Crippen LogP contribution in [0.5, 0.6) is 0 Å². The lowest BCUT2D eigenvalue weighted by Gasteiger charge is -2.14. The molecule has 2 N–H and O–H groups in total. The highest BCUT2D eigenvalue weighted by molar-refractivity contribution is 5.93. The molecular weight excluding hydrogens is 451 g/mol. The zero-order chi connectivity index (χ0) is 24.6. The van der Waals surface area contributed by atoms with Crippen molar-refractivity contribution in [3.8, 4) is 5.69 Å². The second kappa shape index (κ2) is 8.82. The number of pyridine rings is 1. The summed E-state index contributed by atoms with van der Waals surface area (Å²) in [6.07, 6.45) is 0.303. The Morgan fingerprint density at radius 2 is 1.94 bits per heavy atom. The Morgan fingerprint density at radius 1 is 1.18 bits per heavy atom. The molecule has 0 fully saturated rings. The van der Waals surface area contributed by atoms with Gasteiger partial charge in [-0.2, -0.15) is 13.2 Å². The van der Waals surface area contributed by atoms with Crippen molar-refractivity contribution >= 4 is 16.8 Å². The number of benzene rings is 1. The van der Waals surface area contributed by atoms with Crippen LogP contribution >= 0.6 is 0 Å². The third kappa shape index (κ3) is 4.34. The molecule has 0 unspecified atom stereocenters. The zero-order valence-corrected chi connectivity index (χ0v) is 18.4. The lowest BCUT2D eigenvalue weighted by Crippen LogP contribution is -2.34. The highest BCUT2D eigenvalue weighted by Crippen LogP contribution is 2.32. The number of hydrogen-bond donors (Lipinski definition) is 2. The molecule has 1 amide bonds. The van der Waals surface area contributed by atoms with Gasteiger partial charge in [-0.25, -0.2) is 4.98 Å². The smallest absolute Gasteiger partial charge is 0.395 e. The number of fused-ring (bicyclic) bond motifs is 1. The molecular formula is C23H22F3N5O3. The number of nitrogens with one attached hydrogen (secondary N) is 1. The number of nitrogens with zero attached hydrogens (tertiary/aromatic N) is 4. The molecule has 0 atom stereocenters. The summed E-state index contributed by atoms with van der Waals surface area (Å²) in [5.41, 5.74) is 0.821. The van der Waals surface area contributed by atoms with Crippen molar-refractivity contribution in [1.82, 2.24) is 24.0 Å². The normalized spacial score (nSPS) is 11.8. The van der Waals surface area contributed by atoms with Gasteiger partial charge >= 0.3 is 6.18 Å². The minimum atomic E-state index is -4.49. The maximum Gasteiger partial charge on any atom is 0.416 e. The van der Waals surface area contributed by atoms with Crippen LogP contribution in [-0.4, -0.2) is 36.3 Å². The summed E-state index contributed by atoms with van der Waals surface area (Å²) in [6, 6.07) is 6.41. The monoisotopic (exact) mass is 473 g/mol. The van der Waals surface area contributed by atoms with Crippen LogP contribution in [0.1, 0.15) is 27.3 Å². The molecule has 11 heteroatoms. The van der Waals surface area contributed by atoms with Crippen LogP contribution in [0, 0.1) is 6.92 Å². The first-order valence-corrected chi connectivity index (χ1v) is 10.4. The minimum absolute atomic E-state index is 0.0239. The number of carbonyl (C=O) groups excluding carboxylic acids is 1. The van der Waals surface area contributed by atoms with Crippen LogP contribution in [-0.2, 0) is 26.3 Å². The van der Waals surface area contributed by atoms with Crippen molar-refractivity contribution in [1.29, 1.82) is 0 Å². The second-order valence-electron chi connectivity index (χ2n) is 7.88. The Labute approximate surface area is 191 Å². The summed E-state index contributed by atoms with van der Waals surface area (Å²) in [5, 5.41) is 12.5. The lowest BCUT2D eigenvalue weighted by molar-refractivity contribution is -0.137. The Balaban J connectivity index is 1.64. The summed E-state index contributed by atoms with van der Waals surface area (Å²) in [7, 11) is 1.70. The standard InChI is InChI=1S/C23H22F3N5O3/c1-14-11-30(13-28-14)20-6-5-19(31(7-8-32)22(20)34)21(33)27-10-15-12-29(2)18-4-3-16(9-17(15)18)23(24,25)26/h3-6,9,11-13,32H,7-8,10H2,1-2H3,(H,27,33). The van der Waals surface area contributed by atoms with Crippen LogP contribution in [0.25, 0.3) is 16.6 Å². The highest BCUT2D eigenvalue weighted by atomic mass is 19.4. The molecule has 178 valence electrons. The predicted molar refractivity (Wildman–Crippen MR) is 119 cm³/mol. The molecule has 34 heavy (non-hydrogen) atoms. The molecule has 0 aliphatic carbocycles. The molecule has 8 nitrogen and oxygen atoms in total. The van der Waals surface area contributed by atoms with E-state index in [0.717, 1.165) is 16.7 Å². The van der Waals surface area contributed by atoms with Crippen LogP contribution < -0.4 is 10.9 Å². The van der Waals surface area contributed by atoms with Crippen molar-refractivity contribution in [2.75, 3.05) is 6.61 Å². The molecule has 0 aliphatic heterocycles. The maximum atomic E-state index is 13.2. The number of halogens is 3. The van der Waals surface area contributed by atoms with E-state index >= 15 is 0 Å². The summed E-state index contributed by atoms with van der Waals surface area (Å²) in [4.78, 5) is 30.0. The van der Waals surface area contributed by atoms with Gasteiger partial charge in [-0.3, -0.25) is 14.2 Å². The fourth-order valence-corrected chi connectivity index (χ4v) is 3.89. The number of carbonyl (C=O) groups is 1. The Bertz CT molecular complexity index is 1430. The number of aliphatic hydroxyl groups excluding tert-OH is 1. The Hall–Kier alpha value is -3.86. The van der Waals surface area contributed by atoms with E-state index in [0.29, 0.717) is 22.2 Å². The van der Waals surface area contributed by atoms with Gasteiger partial charge in [-0.05, 0) is 42.8 Å². The Kier molecular flexibility index (Phi) is 6.05. The van der Waals surface area contributed by atoms with Gasteiger partial charge in [0.15, 0.2) is 0 Å². The average molecular weight is 473 g/mol. The number of aliphatic hydroxyl groups is 1. The Morgan fingerprint density at radius 3 is 2.59 bits per heavy atom. The van der Waals surface area contributed by atoms with Gasteiger partial charge in [0, 0.05) is 43.4 Å². The van der Waals surface area contributed by atoms with E-state index in [1.54, 1.807) is 30.9 Å². The molecule has 0 saturated heterocycles. The van der Waals surface area contributed by atoms with Crippen LogP contribution in [0.3, 0.4) is 0 Å². The number of rotatable bonds is 6. The van der Waals surface area contributed by atoms with Gasteiger partial charge in [0.25, 0.3) is 11.5 Å². The van der Waals surface area contributed by atoms with Gasteiger partial charge in [-0.1, -0.05) is 0 Å². The summed E-state index contributed by atoms with van der Waals surface area (Å²) in [6.45, 7) is 1.26. The first-order chi connectivity index (χ1) is 16.1. The molecule has 0 saturated carbocycles. The van der Waals surface area contributed by atoms with Gasteiger partial charge in [0.1, 0.15) is 11.4 Å². The quantitative estimate of drug-likeness (QED) is 0.450. The molecule has 0 spiro atoms. The second-order valence-corrected chi connectivity index (χ2v) is 7.88. The largest absolute Gasteiger partial charge is 0.416 e. The molecule has 3 heterocycles. The summed E-state index contributed by atoms with van der Waals surface area (Å²) in [5.74, 6) is -0.595. The fourth-order valence-electron chi connectivity index (χ4n) is 3.89. The summed E-state index contributed by atoms with van der Waals surface area (Å²) >= 11 is 0. The first kappa shape index (κ1) is 23.3. The first-order valence-electron chi connectivity index (χ1n) is 10.4. The molecule has 1 aromatic carbocycles. The molecule has 4 aromatic rings. The van der Waals surface area contributed by atoms with Gasteiger partial charge in [-0.15, -0.1) is 0 Å². The van der Waals surface area contributed by atoms with Crippen molar-refractivity contribution in [3.63, 3.8) is 0 Å². The molecule has 3 aromatic heterocycles. The maximum absolute atomic E-state index is 13.2. The lowest BCUT2D eigenvalue weighted by atomic mass is 10.1. The van der Waals surface area contributed by atoms with Crippen molar-refractivity contribution in [2.24, 2.45) is 7.05 Å². The zero-order valence-electron chi connectivity index (χ0n) is 18.4. The van der Waals surface area contributed by atoms with Gasteiger partial charge in [0.2, 0.25) is 0 Å². The third-order valence-electron chi connectivity index (χ3n) is 5.54. The van der Waals surface area contributed by atoms with E-state index in [2.05, 4.69) is 10.3 Å². The number of imidazole rings is 1. The van der Waals surface area contributed by atoms with E-state index in [-0.39, 0.29) is 31.1 Å². The molecule has 0 bridgehead atoms. The molecule has 0 aliphatic rings. The van der Waals surface area contributed by atoms with Gasteiger partial charge in [0.05, 0.1) is 24.2 Å². The van der Waals surface area contributed by atoms with E-state index in [1.165, 1.54) is 29.1 Å². The molecule has 4 rings (SSSR count). The number of aryl methyl sites for hydroxylation is 2. The van der Waals surface area contributed by atoms with E-state index in [4.69, 9.17) is 0 Å². The predicted octanol–water partition coefficient (Wildman–Crippen LogP) is 2.78. The fraction of sp³-hybridized carbons (Fsp3) is 0.261. The third-order valence-corrected chi connectivity index (χ3v) is 5.54. The SMILES string of the molecule is Cc1cn(-c2ccc(C(=O)NCc3cn(C)c4ccc(C(F)(F)F)cc34)n(CCO)c2=O)cn1. The number of amides is 1. The topological polar surface area (TPSA) is 94.1 Å². The van der Waals surface area contributed by atoms with Gasteiger partial charge < -0.3 is 19.6 Å². The number of hydrogen-bond acceptors (Lipinski definition) is 4. The highest BCUT2D eigenvalue weighted by Gasteiger charge is 2.31. The minimum Gasteiger partial charge on any atom is -0.395 e. The van der Waals surface area contributed by atoms with Crippen LogP contribution in [0.4, 0.5) is 13.2 Å². The molecule has 0 radical (unpaired) electrons. The van der Waals surface area contributed by atoms with Crippen LogP contribution in [0.15, 0.2) is 53.8 Å². The number of alkyl halides is 3. The van der Waals surface area contributed by atoms with Crippen molar-refractivity contribution in [2.45, 2.75) is 26.2 Å². The van der Waals surface area contributed by atoms with E-state index in [9.17, 15) is 27.9 Å².